The minimum Gasteiger partial charge on any atom is -0.479 e. The summed E-state index contributed by atoms with van der Waals surface area (Å²) in [7, 11) is 0. The van der Waals surface area contributed by atoms with Crippen LogP contribution in [-0.4, -0.2) is 30.1 Å². The number of amides is 1. The van der Waals surface area contributed by atoms with Gasteiger partial charge in [0.1, 0.15) is 5.75 Å². The molecule has 4 aliphatic carbocycles. The molecule has 0 unspecified atom stereocenters. The van der Waals surface area contributed by atoms with Gasteiger partial charge in [-0.2, -0.15) is 0 Å². The molecule has 0 aliphatic heterocycles. The van der Waals surface area contributed by atoms with Crippen LogP contribution in [0.5, 0.6) is 5.75 Å². The fraction of sp³-hybridized carbons (Fsp3) is 0.636. The molecule has 1 aromatic rings. The van der Waals surface area contributed by atoms with Gasteiger partial charge in [-0.25, -0.2) is 4.79 Å². The highest BCUT2D eigenvalue weighted by molar-refractivity contribution is 5.82. The lowest BCUT2D eigenvalue weighted by molar-refractivity contribution is -0.156. The standard InChI is InChI=1S/C22H29NO4/c1-2-19(27-18-6-4-3-5-7-18)21(25)26-14-20(24)23-22-11-15-8-16(12-22)10-17(9-15)13-22/h3-7,15-17,19H,2,8-14H2,1H3,(H,23,24)/t15?,16?,17?,19-,22?/m1/s1. The molecule has 27 heavy (non-hydrogen) atoms. The third-order valence-electron chi connectivity index (χ3n) is 6.44. The largest absolute Gasteiger partial charge is 0.479 e. The smallest absolute Gasteiger partial charge is 0.347 e. The highest BCUT2D eigenvalue weighted by atomic mass is 16.6. The zero-order valence-electron chi connectivity index (χ0n) is 16.0. The Hall–Kier alpha value is -2.04. The third kappa shape index (κ3) is 4.12. The molecular weight excluding hydrogens is 342 g/mol. The van der Waals surface area contributed by atoms with E-state index >= 15 is 0 Å². The average molecular weight is 371 g/mol. The fourth-order valence-corrected chi connectivity index (χ4v) is 5.79. The number of carbonyl (C=O) groups excluding carboxylic acids is 2. The van der Waals surface area contributed by atoms with E-state index in [1.807, 2.05) is 25.1 Å². The lowest BCUT2D eigenvalue weighted by Crippen LogP contribution is -2.60. The van der Waals surface area contributed by atoms with Gasteiger partial charge in [0.2, 0.25) is 0 Å². The van der Waals surface area contributed by atoms with Crippen molar-refractivity contribution in [2.75, 3.05) is 6.61 Å². The van der Waals surface area contributed by atoms with Gasteiger partial charge in [-0.1, -0.05) is 25.1 Å². The summed E-state index contributed by atoms with van der Waals surface area (Å²) in [6, 6.07) is 9.20. The van der Waals surface area contributed by atoms with Gasteiger partial charge in [-0.15, -0.1) is 0 Å². The van der Waals surface area contributed by atoms with Crippen LogP contribution in [0.3, 0.4) is 0 Å². The Balaban J connectivity index is 1.28. The number of hydrogen-bond donors (Lipinski definition) is 1. The Morgan fingerprint density at radius 3 is 2.22 bits per heavy atom. The Kier molecular flexibility index (Phi) is 5.11. The third-order valence-corrected chi connectivity index (χ3v) is 6.44. The van der Waals surface area contributed by atoms with Crippen LogP contribution in [0.1, 0.15) is 51.9 Å². The number of esters is 1. The zero-order valence-corrected chi connectivity index (χ0v) is 16.0. The van der Waals surface area contributed by atoms with Crippen molar-refractivity contribution < 1.29 is 19.1 Å². The van der Waals surface area contributed by atoms with E-state index in [0.29, 0.717) is 12.2 Å². The second-order valence-electron chi connectivity index (χ2n) is 8.68. The number of carbonyl (C=O) groups is 2. The maximum atomic E-state index is 12.5. The molecule has 0 radical (unpaired) electrons. The average Bonchev–Trinajstić information content (AvgIpc) is 2.63. The quantitative estimate of drug-likeness (QED) is 0.746. The van der Waals surface area contributed by atoms with E-state index in [0.717, 1.165) is 37.0 Å². The number of nitrogens with one attached hydrogen (secondary N) is 1. The summed E-state index contributed by atoms with van der Waals surface area (Å²) in [4.78, 5) is 24.8. The highest BCUT2D eigenvalue weighted by Gasteiger charge is 2.51. The highest BCUT2D eigenvalue weighted by Crippen LogP contribution is 2.55. The van der Waals surface area contributed by atoms with E-state index in [9.17, 15) is 9.59 Å². The summed E-state index contributed by atoms with van der Waals surface area (Å²) in [5.74, 6) is 2.26. The van der Waals surface area contributed by atoms with Crippen molar-refractivity contribution in [2.45, 2.75) is 63.5 Å². The minimum atomic E-state index is -0.695. The van der Waals surface area contributed by atoms with Crippen molar-refractivity contribution in [1.29, 1.82) is 0 Å². The zero-order chi connectivity index (χ0) is 18.9. The van der Waals surface area contributed by atoms with Gasteiger partial charge in [-0.05, 0) is 74.8 Å². The summed E-state index contributed by atoms with van der Waals surface area (Å²) in [5, 5.41) is 3.23. The van der Waals surface area contributed by atoms with E-state index in [4.69, 9.17) is 9.47 Å². The van der Waals surface area contributed by atoms with E-state index in [1.165, 1.54) is 19.3 Å². The minimum absolute atomic E-state index is 0.0526. The molecule has 0 aromatic heterocycles. The molecule has 4 aliphatic rings. The molecule has 4 bridgehead atoms. The van der Waals surface area contributed by atoms with Gasteiger partial charge in [0.15, 0.2) is 12.7 Å². The summed E-state index contributed by atoms with van der Waals surface area (Å²) in [5.41, 5.74) is -0.0526. The molecule has 0 heterocycles. The van der Waals surface area contributed by atoms with Crippen LogP contribution in [0, 0.1) is 17.8 Å². The molecule has 4 fully saturated rings. The topological polar surface area (TPSA) is 64.6 Å². The first-order valence-corrected chi connectivity index (χ1v) is 10.2. The van der Waals surface area contributed by atoms with Crippen molar-refractivity contribution in [1.82, 2.24) is 5.32 Å². The van der Waals surface area contributed by atoms with E-state index < -0.39 is 12.1 Å². The van der Waals surface area contributed by atoms with Crippen LogP contribution in [0.15, 0.2) is 30.3 Å². The lowest BCUT2D eigenvalue weighted by atomic mass is 9.53. The lowest BCUT2D eigenvalue weighted by Gasteiger charge is -2.56. The fourth-order valence-electron chi connectivity index (χ4n) is 5.79. The first kappa shape index (κ1) is 18.3. The van der Waals surface area contributed by atoms with E-state index in [2.05, 4.69) is 5.32 Å². The Bertz CT molecular complexity index is 652. The summed E-state index contributed by atoms with van der Waals surface area (Å²) >= 11 is 0. The van der Waals surface area contributed by atoms with Crippen LogP contribution >= 0.6 is 0 Å². The van der Waals surface area contributed by atoms with Crippen LogP contribution in [0.2, 0.25) is 0 Å². The van der Waals surface area contributed by atoms with Crippen molar-refractivity contribution >= 4 is 11.9 Å². The number of rotatable bonds is 7. The second kappa shape index (κ2) is 7.53. The molecule has 0 saturated heterocycles. The Morgan fingerprint density at radius 1 is 1.07 bits per heavy atom. The maximum Gasteiger partial charge on any atom is 0.347 e. The molecule has 1 aromatic carbocycles. The van der Waals surface area contributed by atoms with Gasteiger partial charge >= 0.3 is 5.97 Å². The molecule has 146 valence electrons. The molecule has 5 rings (SSSR count). The molecule has 1 amide bonds. The van der Waals surface area contributed by atoms with Gasteiger partial charge in [0.05, 0.1) is 0 Å². The molecule has 5 heteroatoms. The maximum absolute atomic E-state index is 12.5. The molecular formula is C22H29NO4. The second-order valence-corrected chi connectivity index (χ2v) is 8.68. The molecule has 0 spiro atoms. The van der Waals surface area contributed by atoms with E-state index in [1.54, 1.807) is 12.1 Å². The van der Waals surface area contributed by atoms with Crippen LogP contribution < -0.4 is 10.1 Å². The van der Waals surface area contributed by atoms with Gasteiger partial charge < -0.3 is 14.8 Å². The Morgan fingerprint density at radius 2 is 1.67 bits per heavy atom. The molecule has 1 N–H and O–H groups in total. The predicted octanol–water partition coefficient (Wildman–Crippen LogP) is 3.47. The first-order valence-electron chi connectivity index (χ1n) is 10.2. The summed E-state index contributed by atoms with van der Waals surface area (Å²) in [6.45, 7) is 1.64. The van der Waals surface area contributed by atoms with Crippen LogP contribution in [0.25, 0.3) is 0 Å². The number of hydrogen-bond acceptors (Lipinski definition) is 4. The van der Waals surface area contributed by atoms with Crippen LogP contribution in [-0.2, 0) is 14.3 Å². The number of ether oxygens (including phenoxy) is 2. The predicted molar refractivity (Wildman–Crippen MR) is 101 cm³/mol. The van der Waals surface area contributed by atoms with E-state index in [-0.39, 0.29) is 18.1 Å². The Labute approximate surface area is 160 Å². The van der Waals surface area contributed by atoms with Crippen molar-refractivity contribution in [3.8, 4) is 5.75 Å². The first-order chi connectivity index (χ1) is 13.0. The summed E-state index contributed by atoms with van der Waals surface area (Å²) < 4.78 is 11.0. The van der Waals surface area contributed by atoms with Gasteiger partial charge in [-0.3, -0.25) is 4.79 Å². The molecule has 5 nitrogen and oxygen atoms in total. The van der Waals surface area contributed by atoms with Crippen molar-refractivity contribution in [3.63, 3.8) is 0 Å². The van der Waals surface area contributed by atoms with Crippen LogP contribution in [0.4, 0.5) is 0 Å². The van der Waals surface area contributed by atoms with Gasteiger partial charge in [0.25, 0.3) is 5.91 Å². The SMILES string of the molecule is CC[C@@H](Oc1ccccc1)C(=O)OCC(=O)NC12CC3CC(CC(C3)C1)C2. The normalized spacial score (nSPS) is 32.0. The summed E-state index contributed by atoms with van der Waals surface area (Å²) in [6.07, 6.45) is 7.07. The molecule has 4 saturated carbocycles. The van der Waals surface area contributed by atoms with Crippen molar-refractivity contribution in [3.05, 3.63) is 30.3 Å². The molecule has 1 atom stereocenters. The monoisotopic (exact) mass is 371 g/mol. The number of benzene rings is 1. The number of para-hydroxylation sites is 1. The van der Waals surface area contributed by atoms with Crippen molar-refractivity contribution in [2.24, 2.45) is 17.8 Å². The van der Waals surface area contributed by atoms with Gasteiger partial charge in [0, 0.05) is 5.54 Å².